The highest BCUT2D eigenvalue weighted by molar-refractivity contribution is 7.99. The fourth-order valence-electron chi connectivity index (χ4n) is 2.43. The molecule has 102 valence electrons. The highest BCUT2D eigenvalue weighted by Gasteiger charge is 2.23. The van der Waals surface area contributed by atoms with Gasteiger partial charge in [0.15, 0.2) is 0 Å². The molecule has 0 amide bonds. The molecule has 0 radical (unpaired) electrons. The van der Waals surface area contributed by atoms with Crippen LogP contribution < -0.4 is 5.32 Å². The molecule has 0 spiro atoms. The van der Waals surface area contributed by atoms with Gasteiger partial charge in [-0.15, -0.1) is 0 Å². The molecule has 1 aliphatic rings. The summed E-state index contributed by atoms with van der Waals surface area (Å²) in [5, 5.41) is 3.70. The summed E-state index contributed by atoms with van der Waals surface area (Å²) >= 11 is 2.07. The molecule has 2 atom stereocenters. The van der Waals surface area contributed by atoms with Crippen molar-refractivity contribution in [2.24, 2.45) is 5.92 Å². The van der Waals surface area contributed by atoms with E-state index >= 15 is 0 Å². The number of rotatable bonds is 6. The van der Waals surface area contributed by atoms with Crippen LogP contribution in [0.5, 0.6) is 0 Å². The first kappa shape index (κ1) is 15.3. The van der Waals surface area contributed by atoms with E-state index in [0.717, 1.165) is 12.0 Å². The smallest absolute Gasteiger partial charge is 0.0218 e. The van der Waals surface area contributed by atoms with E-state index in [1.165, 1.54) is 44.0 Å². The van der Waals surface area contributed by atoms with Crippen molar-refractivity contribution in [1.29, 1.82) is 0 Å². The second-order valence-electron chi connectivity index (χ2n) is 5.49. The van der Waals surface area contributed by atoms with Crippen LogP contribution in [-0.4, -0.2) is 48.1 Å². The monoisotopic (exact) mass is 258 g/mol. The zero-order chi connectivity index (χ0) is 12.7. The van der Waals surface area contributed by atoms with Crippen molar-refractivity contribution in [1.82, 2.24) is 10.2 Å². The third-order valence-electron chi connectivity index (χ3n) is 3.77. The molecule has 0 bridgehead atoms. The zero-order valence-electron chi connectivity index (χ0n) is 12.0. The van der Waals surface area contributed by atoms with Gasteiger partial charge in [0.1, 0.15) is 0 Å². The number of nitrogens with one attached hydrogen (secondary N) is 1. The number of thioether (sulfide) groups is 1. The summed E-state index contributed by atoms with van der Waals surface area (Å²) < 4.78 is 0. The molecule has 1 rings (SSSR count). The van der Waals surface area contributed by atoms with Crippen LogP contribution in [0, 0.1) is 5.92 Å². The quantitative estimate of drug-likeness (QED) is 0.738. The van der Waals surface area contributed by atoms with Gasteiger partial charge in [0.25, 0.3) is 0 Å². The predicted molar refractivity (Wildman–Crippen MR) is 79.9 cm³/mol. The van der Waals surface area contributed by atoms with E-state index in [9.17, 15) is 0 Å². The Morgan fingerprint density at radius 3 is 2.82 bits per heavy atom. The standard InChI is InChI=1S/C14H30N2S/c1-5-17-10-6-9-16-11-14(12(2)3)15-8-7-13(16)4/h12-15H,5-11H2,1-4H3. The summed E-state index contributed by atoms with van der Waals surface area (Å²) in [5.41, 5.74) is 0. The summed E-state index contributed by atoms with van der Waals surface area (Å²) in [6.45, 7) is 13.0. The molecular weight excluding hydrogens is 228 g/mol. The van der Waals surface area contributed by atoms with Gasteiger partial charge in [0.2, 0.25) is 0 Å². The van der Waals surface area contributed by atoms with E-state index in [0.29, 0.717) is 6.04 Å². The Morgan fingerprint density at radius 2 is 2.18 bits per heavy atom. The van der Waals surface area contributed by atoms with Crippen molar-refractivity contribution in [3.63, 3.8) is 0 Å². The van der Waals surface area contributed by atoms with Crippen molar-refractivity contribution >= 4 is 11.8 Å². The maximum Gasteiger partial charge on any atom is 0.0218 e. The van der Waals surface area contributed by atoms with Crippen LogP contribution in [0.1, 0.15) is 40.5 Å². The third-order valence-corrected chi connectivity index (χ3v) is 4.75. The maximum atomic E-state index is 3.70. The van der Waals surface area contributed by atoms with Gasteiger partial charge in [0, 0.05) is 18.6 Å². The van der Waals surface area contributed by atoms with Gasteiger partial charge >= 0.3 is 0 Å². The zero-order valence-corrected chi connectivity index (χ0v) is 12.9. The Labute approximate surface area is 112 Å². The van der Waals surface area contributed by atoms with E-state index < -0.39 is 0 Å². The van der Waals surface area contributed by atoms with Crippen LogP contribution in [0.15, 0.2) is 0 Å². The Hall–Kier alpha value is 0.270. The fourth-order valence-corrected chi connectivity index (χ4v) is 3.05. The highest BCUT2D eigenvalue weighted by Crippen LogP contribution is 2.14. The van der Waals surface area contributed by atoms with Crippen LogP contribution in [0.3, 0.4) is 0 Å². The Kier molecular flexibility index (Phi) is 7.56. The summed E-state index contributed by atoms with van der Waals surface area (Å²) in [6, 6.07) is 1.43. The van der Waals surface area contributed by atoms with Crippen molar-refractivity contribution in [2.75, 3.05) is 31.1 Å². The molecule has 1 saturated heterocycles. The normalized spacial score (nSPS) is 27.4. The molecule has 2 nitrogen and oxygen atoms in total. The van der Waals surface area contributed by atoms with Gasteiger partial charge in [-0.05, 0) is 50.3 Å². The van der Waals surface area contributed by atoms with E-state index in [-0.39, 0.29) is 0 Å². The SMILES string of the molecule is CCSCCCN1CC(C(C)C)NCCC1C. The van der Waals surface area contributed by atoms with Crippen molar-refractivity contribution in [3.05, 3.63) is 0 Å². The van der Waals surface area contributed by atoms with Crippen molar-refractivity contribution in [2.45, 2.75) is 52.6 Å². The van der Waals surface area contributed by atoms with Crippen LogP contribution in [-0.2, 0) is 0 Å². The number of hydrogen-bond acceptors (Lipinski definition) is 3. The lowest BCUT2D eigenvalue weighted by Gasteiger charge is -2.30. The molecule has 2 unspecified atom stereocenters. The van der Waals surface area contributed by atoms with E-state index in [1.54, 1.807) is 0 Å². The predicted octanol–water partition coefficient (Wildman–Crippen LogP) is 2.84. The van der Waals surface area contributed by atoms with Crippen LogP contribution in [0.2, 0.25) is 0 Å². The summed E-state index contributed by atoms with van der Waals surface area (Å²) in [7, 11) is 0. The first-order valence-corrected chi connectivity index (χ1v) is 8.35. The molecular formula is C14H30N2S. The van der Waals surface area contributed by atoms with E-state index in [4.69, 9.17) is 0 Å². The lowest BCUT2D eigenvalue weighted by molar-refractivity contribution is 0.193. The first-order chi connectivity index (χ1) is 8.15. The van der Waals surface area contributed by atoms with E-state index in [1.807, 2.05) is 0 Å². The minimum atomic E-state index is 0.679. The molecule has 0 aromatic carbocycles. The lowest BCUT2D eigenvalue weighted by Crippen LogP contribution is -2.43. The topological polar surface area (TPSA) is 15.3 Å². The number of hydrogen-bond donors (Lipinski definition) is 1. The second kappa shape index (κ2) is 8.39. The molecule has 0 aromatic rings. The summed E-state index contributed by atoms with van der Waals surface area (Å²) in [5.74, 6) is 3.32. The molecule has 0 aromatic heterocycles. The molecule has 1 heterocycles. The molecule has 0 saturated carbocycles. The second-order valence-corrected chi connectivity index (χ2v) is 6.88. The molecule has 1 N–H and O–H groups in total. The van der Waals surface area contributed by atoms with Crippen LogP contribution in [0.25, 0.3) is 0 Å². The maximum absolute atomic E-state index is 3.70. The largest absolute Gasteiger partial charge is 0.312 e. The Morgan fingerprint density at radius 1 is 1.41 bits per heavy atom. The van der Waals surface area contributed by atoms with Crippen molar-refractivity contribution in [3.8, 4) is 0 Å². The average Bonchev–Trinajstić information content (AvgIpc) is 2.47. The minimum absolute atomic E-state index is 0.679. The van der Waals surface area contributed by atoms with Gasteiger partial charge < -0.3 is 5.32 Å². The first-order valence-electron chi connectivity index (χ1n) is 7.20. The average molecular weight is 258 g/mol. The Bertz CT molecular complexity index is 197. The fraction of sp³-hybridized carbons (Fsp3) is 1.00. The summed E-state index contributed by atoms with van der Waals surface area (Å²) in [4.78, 5) is 2.70. The van der Waals surface area contributed by atoms with Gasteiger partial charge in [-0.2, -0.15) is 11.8 Å². The molecule has 1 aliphatic heterocycles. The van der Waals surface area contributed by atoms with Gasteiger partial charge in [-0.3, -0.25) is 4.90 Å². The minimum Gasteiger partial charge on any atom is -0.312 e. The molecule has 3 heteroatoms. The van der Waals surface area contributed by atoms with Crippen LogP contribution in [0.4, 0.5) is 0 Å². The summed E-state index contributed by atoms with van der Waals surface area (Å²) in [6.07, 6.45) is 2.64. The number of nitrogens with zero attached hydrogens (tertiary/aromatic N) is 1. The third kappa shape index (κ3) is 5.62. The highest BCUT2D eigenvalue weighted by atomic mass is 32.2. The molecule has 0 aliphatic carbocycles. The van der Waals surface area contributed by atoms with Crippen LogP contribution >= 0.6 is 11.8 Å². The van der Waals surface area contributed by atoms with Crippen molar-refractivity contribution < 1.29 is 0 Å². The lowest BCUT2D eigenvalue weighted by atomic mass is 10.0. The van der Waals surface area contributed by atoms with Gasteiger partial charge in [0.05, 0.1) is 0 Å². The molecule has 17 heavy (non-hydrogen) atoms. The van der Waals surface area contributed by atoms with E-state index in [2.05, 4.69) is 49.7 Å². The Balaban J connectivity index is 2.36. The van der Waals surface area contributed by atoms with Gasteiger partial charge in [-0.25, -0.2) is 0 Å². The molecule has 1 fully saturated rings. The van der Waals surface area contributed by atoms with Gasteiger partial charge in [-0.1, -0.05) is 20.8 Å².